The maximum atomic E-state index is 11.2. The van der Waals surface area contributed by atoms with Crippen molar-refractivity contribution in [3.05, 3.63) is 0 Å². The van der Waals surface area contributed by atoms with Crippen molar-refractivity contribution in [2.24, 2.45) is 16.1 Å². The zero-order valence-electron chi connectivity index (χ0n) is 16.2. The first-order chi connectivity index (χ1) is 12.8. The summed E-state index contributed by atoms with van der Waals surface area (Å²) in [5.41, 5.74) is 12.4. The molecule has 0 aromatic rings. The van der Waals surface area contributed by atoms with Gasteiger partial charge in [-0.05, 0) is 24.7 Å². The lowest BCUT2D eigenvalue weighted by Crippen LogP contribution is -2.73. The number of aliphatic carboxylic acids is 2. The van der Waals surface area contributed by atoms with Gasteiger partial charge in [0.1, 0.15) is 12.6 Å². The van der Waals surface area contributed by atoms with E-state index in [-0.39, 0.29) is 24.8 Å². The Morgan fingerprint density at radius 1 is 1.22 bits per heavy atom. The first-order valence-electron chi connectivity index (χ1n) is 9.94. The highest BCUT2D eigenvalue weighted by Gasteiger charge is 2.52. The summed E-state index contributed by atoms with van der Waals surface area (Å²) in [6, 6.07) is 0.0287. The van der Waals surface area contributed by atoms with Gasteiger partial charge in [-0.2, -0.15) is 0 Å². The van der Waals surface area contributed by atoms with Gasteiger partial charge in [-0.25, -0.2) is 10.0 Å². The number of nitrogens with zero attached hydrogens (tertiary/aromatic N) is 2. The number of hydrogen-bond acceptors (Lipinski definition) is 4. The molecule has 0 bridgehead atoms. The molecule has 27 heavy (non-hydrogen) atoms. The van der Waals surface area contributed by atoms with Crippen molar-refractivity contribution in [2.45, 2.75) is 70.8 Å². The second-order valence-corrected chi connectivity index (χ2v) is 8.02. The van der Waals surface area contributed by atoms with E-state index in [9.17, 15) is 19.8 Å². The number of carbonyl (C=O) groups is 2. The number of aliphatic imine (C=N–C) groups is 1. The van der Waals surface area contributed by atoms with Gasteiger partial charge in [-0.1, -0.05) is 18.9 Å². The van der Waals surface area contributed by atoms with Gasteiger partial charge in [-0.3, -0.25) is 14.6 Å². The molecule has 9 heteroatoms. The minimum atomic E-state index is -0.858. The maximum absolute atomic E-state index is 11.2. The SMILES string of the molecule is CCCN=C(N)NN[N+]1(CCC(=O)O)CCC2(CCC2)CC1CCC(=O)O. The highest BCUT2D eigenvalue weighted by molar-refractivity contribution is 5.77. The number of carboxylic acid groups (broad SMARTS) is 2. The van der Waals surface area contributed by atoms with Crippen molar-refractivity contribution < 1.29 is 24.4 Å². The number of guanidine groups is 1. The van der Waals surface area contributed by atoms with Crippen molar-refractivity contribution in [1.29, 1.82) is 0 Å². The van der Waals surface area contributed by atoms with Crippen LogP contribution in [0.15, 0.2) is 4.99 Å². The van der Waals surface area contributed by atoms with Crippen LogP contribution in [0.2, 0.25) is 0 Å². The minimum Gasteiger partial charge on any atom is -0.481 e. The van der Waals surface area contributed by atoms with Crippen LogP contribution in [0.4, 0.5) is 0 Å². The van der Waals surface area contributed by atoms with E-state index in [1.54, 1.807) is 0 Å². The third-order valence-corrected chi connectivity index (χ3v) is 6.15. The van der Waals surface area contributed by atoms with E-state index in [0.717, 1.165) is 25.8 Å². The number of nitrogens with one attached hydrogen (secondary N) is 2. The predicted molar refractivity (Wildman–Crippen MR) is 101 cm³/mol. The smallest absolute Gasteiger partial charge is 0.309 e. The topological polar surface area (TPSA) is 137 Å². The van der Waals surface area contributed by atoms with E-state index in [2.05, 4.69) is 16.0 Å². The molecule has 2 aliphatic rings. The van der Waals surface area contributed by atoms with Crippen LogP contribution in [0.25, 0.3) is 0 Å². The molecule has 0 aromatic heterocycles. The molecule has 2 rings (SSSR count). The summed E-state index contributed by atoms with van der Waals surface area (Å²) < 4.78 is 0.323. The van der Waals surface area contributed by atoms with Crippen LogP contribution < -0.4 is 16.7 Å². The fourth-order valence-corrected chi connectivity index (χ4v) is 4.40. The van der Waals surface area contributed by atoms with Gasteiger partial charge in [0, 0.05) is 25.8 Å². The zero-order valence-corrected chi connectivity index (χ0v) is 16.2. The summed E-state index contributed by atoms with van der Waals surface area (Å²) in [4.78, 5) is 26.6. The fourth-order valence-electron chi connectivity index (χ4n) is 4.40. The normalized spacial score (nSPS) is 27.1. The zero-order chi connectivity index (χ0) is 19.9. The molecule has 1 heterocycles. The Kier molecular flexibility index (Phi) is 7.43. The average Bonchev–Trinajstić information content (AvgIpc) is 2.60. The van der Waals surface area contributed by atoms with Crippen LogP contribution in [0.1, 0.15) is 64.7 Å². The molecule has 0 radical (unpaired) electrons. The summed E-state index contributed by atoms with van der Waals surface area (Å²) in [7, 11) is 0. The number of quaternary nitrogens is 1. The lowest BCUT2D eigenvalue weighted by atomic mass is 9.61. The van der Waals surface area contributed by atoms with Gasteiger partial charge in [-0.15, -0.1) is 0 Å². The number of carboxylic acids is 2. The number of rotatable bonds is 10. The number of likely N-dealkylation sites (tertiary alicyclic amines) is 1. The van der Waals surface area contributed by atoms with Gasteiger partial charge >= 0.3 is 11.9 Å². The molecule has 1 aliphatic carbocycles. The van der Waals surface area contributed by atoms with E-state index >= 15 is 0 Å². The van der Waals surface area contributed by atoms with Gasteiger partial charge in [0.15, 0.2) is 0 Å². The standard InChI is InChI=1S/C18H33N5O4/c1-2-10-20-17(19)21-22-23(11-6-16(26)27)12-9-18(7-3-8-18)13-14(23)4-5-15(24)25/h14,22H,2-13H2,1H3,(H4-,19,20,21,24,25,26,27)/p+1. The lowest BCUT2D eigenvalue weighted by Gasteiger charge is -2.55. The van der Waals surface area contributed by atoms with Crippen molar-refractivity contribution in [3.63, 3.8) is 0 Å². The van der Waals surface area contributed by atoms with Crippen molar-refractivity contribution in [2.75, 3.05) is 19.6 Å². The number of piperidine rings is 1. The number of nitrogens with two attached hydrogens (primary N) is 1. The fraction of sp³-hybridized carbons (Fsp3) is 0.833. The number of hydrazine groups is 1. The van der Waals surface area contributed by atoms with Crippen LogP contribution in [0.5, 0.6) is 0 Å². The summed E-state index contributed by atoms with van der Waals surface area (Å²) in [6.07, 6.45) is 7.00. The predicted octanol–water partition coefficient (Wildman–Crippen LogP) is 1.21. The molecular formula is C18H34N5O4+. The quantitative estimate of drug-likeness (QED) is 0.165. The lowest BCUT2D eigenvalue weighted by molar-refractivity contribution is -1.00. The Balaban J connectivity index is 2.17. The van der Waals surface area contributed by atoms with Crippen LogP contribution in [0, 0.1) is 5.41 Å². The van der Waals surface area contributed by atoms with Gasteiger partial charge in [0.2, 0.25) is 5.96 Å². The van der Waals surface area contributed by atoms with E-state index in [0.29, 0.717) is 29.5 Å². The molecule has 0 aromatic carbocycles. The van der Waals surface area contributed by atoms with E-state index < -0.39 is 11.9 Å². The Morgan fingerprint density at radius 2 is 1.93 bits per heavy atom. The highest BCUT2D eigenvalue weighted by atomic mass is 16.4. The summed E-state index contributed by atoms with van der Waals surface area (Å²) in [5, 5.41) is 18.4. The minimum absolute atomic E-state index is 0.0112. The van der Waals surface area contributed by atoms with Crippen molar-refractivity contribution >= 4 is 17.9 Å². The Hall–Kier alpha value is -1.87. The molecule has 9 nitrogen and oxygen atoms in total. The molecule has 1 aliphatic heterocycles. The van der Waals surface area contributed by atoms with E-state index in [1.807, 2.05) is 6.92 Å². The second-order valence-electron chi connectivity index (χ2n) is 8.02. The summed E-state index contributed by atoms with van der Waals surface area (Å²) in [5.74, 6) is -1.41. The third kappa shape index (κ3) is 5.80. The van der Waals surface area contributed by atoms with Crippen LogP contribution in [-0.4, -0.2) is 58.4 Å². The molecule has 1 saturated carbocycles. The molecule has 6 N–H and O–H groups in total. The molecule has 2 fully saturated rings. The summed E-state index contributed by atoms with van der Waals surface area (Å²) >= 11 is 0. The molecule has 154 valence electrons. The molecule has 0 amide bonds. The Bertz CT molecular complexity index is 564. The second kappa shape index (κ2) is 9.36. The van der Waals surface area contributed by atoms with Crippen molar-refractivity contribution in [1.82, 2.24) is 11.0 Å². The summed E-state index contributed by atoms with van der Waals surface area (Å²) in [6.45, 7) is 3.76. The Labute approximate surface area is 160 Å². The molecule has 2 atom stereocenters. The van der Waals surface area contributed by atoms with E-state index in [4.69, 9.17) is 5.73 Å². The first-order valence-corrected chi connectivity index (χ1v) is 9.94. The largest absolute Gasteiger partial charge is 0.481 e. The maximum Gasteiger partial charge on any atom is 0.309 e. The first kappa shape index (κ1) is 21.4. The highest BCUT2D eigenvalue weighted by Crippen LogP contribution is 2.52. The molecule has 2 unspecified atom stereocenters. The average molecular weight is 385 g/mol. The van der Waals surface area contributed by atoms with Gasteiger partial charge in [0.05, 0.1) is 19.4 Å². The van der Waals surface area contributed by atoms with Crippen LogP contribution in [0.3, 0.4) is 0 Å². The van der Waals surface area contributed by atoms with Gasteiger partial charge < -0.3 is 15.9 Å². The van der Waals surface area contributed by atoms with Gasteiger partial charge in [0.25, 0.3) is 0 Å². The van der Waals surface area contributed by atoms with Crippen LogP contribution in [-0.2, 0) is 9.59 Å². The molecule has 1 saturated heterocycles. The monoisotopic (exact) mass is 384 g/mol. The number of hydrogen-bond donors (Lipinski definition) is 5. The Morgan fingerprint density at radius 3 is 2.48 bits per heavy atom. The molecular weight excluding hydrogens is 350 g/mol. The van der Waals surface area contributed by atoms with Crippen molar-refractivity contribution in [3.8, 4) is 0 Å². The molecule has 1 spiro atoms. The van der Waals surface area contributed by atoms with Crippen LogP contribution >= 0.6 is 0 Å². The third-order valence-electron chi connectivity index (χ3n) is 6.15. The van der Waals surface area contributed by atoms with E-state index in [1.165, 1.54) is 19.3 Å².